The summed E-state index contributed by atoms with van der Waals surface area (Å²) in [5, 5.41) is 0. The van der Waals surface area contributed by atoms with Gasteiger partial charge in [-0.15, -0.1) is 0 Å². The Kier molecular flexibility index (Phi) is 6.17. The van der Waals surface area contributed by atoms with Gasteiger partial charge in [-0.25, -0.2) is 0 Å². The van der Waals surface area contributed by atoms with Crippen LogP contribution >= 0.6 is 0 Å². The molecule has 1 saturated heterocycles. The Morgan fingerprint density at radius 2 is 1.87 bits per heavy atom. The first kappa shape index (κ1) is 12.9. The van der Waals surface area contributed by atoms with Gasteiger partial charge in [-0.1, -0.05) is 13.8 Å². The van der Waals surface area contributed by atoms with Crippen LogP contribution in [0.4, 0.5) is 0 Å². The van der Waals surface area contributed by atoms with Crippen molar-refractivity contribution in [3.63, 3.8) is 0 Å². The first-order valence-electron chi connectivity index (χ1n) is 6.06. The molecule has 0 radical (unpaired) electrons. The minimum absolute atomic E-state index is 0.498. The Hall–Kier alpha value is -0.160. The fraction of sp³-hybridized carbons (Fsp3) is 1.00. The van der Waals surface area contributed by atoms with Crippen LogP contribution < -0.4 is 5.73 Å². The van der Waals surface area contributed by atoms with Gasteiger partial charge in [0, 0.05) is 32.2 Å². The molecule has 1 aliphatic heterocycles. The maximum absolute atomic E-state index is 5.84. The Morgan fingerprint density at radius 1 is 1.27 bits per heavy atom. The monoisotopic (exact) mass is 215 g/mol. The van der Waals surface area contributed by atoms with Gasteiger partial charge in [0.05, 0.1) is 13.2 Å². The smallest absolute Gasteiger partial charge is 0.0594 e. The van der Waals surface area contributed by atoms with E-state index in [1.807, 2.05) is 0 Å². The lowest BCUT2D eigenvalue weighted by atomic mass is 10.2. The molecule has 1 rings (SSSR count). The zero-order valence-corrected chi connectivity index (χ0v) is 10.1. The summed E-state index contributed by atoms with van der Waals surface area (Å²) in [5.41, 5.74) is 5.84. The zero-order chi connectivity index (χ0) is 11.1. The normalized spacial score (nSPS) is 20.8. The van der Waals surface area contributed by atoms with Gasteiger partial charge < -0.3 is 10.5 Å². The molecule has 1 aliphatic rings. The average Bonchev–Trinajstić information content (AvgIpc) is 2.30. The lowest BCUT2D eigenvalue weighted by Crippen LogP contribution is -2.50. The highest BCUT2D eigenvalue weighted by atomic mass is 16.5. The minimum atomic E-state index is 0.498. The first-order chi connectivity index (χ1) is 7.31. The average molecular weight is 215 g/mol. The predicted octanol–water partition coefficient (Wildman–Crippen LogP) is -0.0123. The van der Waals surface area contributed by atoms with E-state index >= 15 is 0 Å². The number of rotatable bonds is 6. The third-order valence-electron chi connectivity index (χ3n) is 3.17. The molecule has 4 nitrogen and oxygen atoms in total. The van der Waals surface area contributed by atoms with Gasteiger partial charge in [0.15, 0.2) is 0 Å². The molecule has 0 saturated carbocycles. The number of morpholine rings is 1. The summed E-state index contributed by atoms with van der Waals surface area (Å²) in [4.78, 5) is 4.90. The minimum Gasteiger partial charge on any atom is -0.379 e. The van der Waals surface area contributed by atoms with Crippen molar-refractivity contribution < 1.29 is 4.74 Å². The van der Waals surface area contributed by atoms with Gasteiger partial charge in [0.2, 0.25) is 0 Å². The predicted molar refractivity (Wildman–Crippen MR) is 63.0 cm³/mol. The van der Waals surface area contributed by atoms with Crippen molar-refractivity contribution in [2.45, 2.75) is 19.9 Å². The summed E-state index contributed by atoms with van der Waals surface area (Å²) in [6.07, 6.45) is 0. The third-order valence-corrected chi connectivity index (χ3v) is 3.17. The fourth-order valence-corrected chi connectivity index (χ4v) is 2.16. The van der Waals surface area contributed by atoms with E-state index in [1.54, 1.807) is 0 Å². The van der Waals surface area contributed by atoms with Crippen LogP contribution in [0.3, 0.4) is 0 Å². The third kappa shape index (κ3) is 4.07. The highest BCUT2D eigenvalue weighted by Gasteiger charge is 2.19. The van der Waals surface area contributed by atoms with Crippen molar-refractivity contribution >= 4 is 0 Å². The van der Waals surface area contributed by atoms with E-state index in [-0.39, 0.29) is 0 Å². The number of hydrogen-bond acceptors (Lipinski definition) is 4. The number of ether oxygens (including phenoxy) is 1. The second-order valence-electron chi connectivity index (χ2n) is 4.02. The van der Waals surface area contributed by atoms with Crippen LogP contribution in [0.25, 0.3) is 0 Å². The topological polar surface area (TPSA) is 41.7 Å². The van der Waals surface area contributed by atoms with Gasteiger partial charge in [-0.05, 0) is 13.1 Å². The molecule has 0 amide bonds. The van der Waals surface area contributed by atoms with Gasteiger partial charge in [-0.2, -0.15) is 0 Å². The number of likely N-dealkylation sites (N-methyl/N-ethyl adjacent to an activating group) is 1. The Balaban J connectivity index is 2.36. The maximum atomic E-state index is 5.84. The molecule has 0 aliphatic carbocycles. The summed E-state index contributed by atoms with van der Waals surface area (Å²) in [6.45, 7) is 12.3. The first-order valence-corrected chi connectivity index (χ1v) is 6.06. The summed E-state index contributed by atoms with van der Waals surface area (Å²) < 4.78 is 5.34. The number of nitrogens with two attached hydrogens (primary N) is 1. The number of nitrogens with zero attached hydrogens (tertiary/aromatic N) is 2. The van der Waals surface area contributed by atoms with Crippen molar-refractivity contribution in [2.75, 3.05) is 52.5 Å². The maximum Gasteiger partial charge on any atom is 0.0594 e. The lowest BCUT2D eigenvalue weighted by molar-refractivity contribution is 0.0244. The molecule has 1 fully saturated rings. The van der Waals surface area contributed by atoms with Gasteiger partial charge >= 0.3 is 0 Å². The molecule has 90 valence electrons. The largest absolute Gasteiger partial charge is 0.379 e. The molecule has 0 spiro atoms. The Bertz CT molecular complexity index is 156. The summed E-state index contributed by atoms with van der Waals surface area (Å²) >= 11 is 0. The van der Waals surface area contributed by atoms with Crippen molar-refractivity contribution in [1.82, 2.24) is 9.80 Å². The summed E-state index contributed by atoms with van der Waals surface area (Å²) in [6, 6.07) is 0.498. The molecular formula is C11H25N3O. The second-order valence-corrected chi connectivity index (χ2v) is 4.02. The fourth-order valence-electron chi connectivity index (χ4n) is 2.16. The molecule has 0 aromatic carbocycles. The van der Waals surface area contributed by atoms with Crippen molar-refractivity contribution in [1.29, 1.82) is 0 Å². The van der Waals surface area contributed by atoms with E-state index in [0.29, 0.717) is 6.04 Å². The van der Waals surface area contributed by atoms with Gasteiger partial charge in [-0.3, -0.25) is 9.80 Å². The van der Waals surface area contributed by atoms with Crippen LogP contribution in [0.15, 0.2) is 0 Å². The van der Waals surface area contributed by atoms with Crippen molar-refractivity contribution in [2.24, 2.45) is 5.73 Å². The van der Waals surface area contributed by atoms with Crippen LogP contribution in [0.5, 0.6) is 0 Å². The molecule has 15 heavy (non-hydrogen) atoms. The van der Waals surface area contributed by atoms with E-state index in [0.717, 1.165) is 52.5 Å². The van der Waals surface area contributed by atoms with E-state index in [2.05, 4.69) is 23.6 Å². The van der Waals surface area contributed by atoms with Crippen LogP contribution in [0.2, 0.25) is 0 Å². The molecular weight excluding hydrogens is 190 g/mol. The standard InChI is InChI=1S/C11H25N3O/c1-3-14(4-2)11(9-12)10-13-5-7-15-8-6-13/h11H,3-10,12H2,1-2H3. The molecule has 0 aromatic rings. The van der Waals surface area contributed by atoms with Crippen LogP contribution in [0.1, 0.15) is 13.8 Å². The van der Waals surface area contributed by atoms with Gasteiger partial charge in [0.1, 0.15) is 0 Å². The highest BCUT2D eigenvalue weighted by molar-refractivity contribution is 4.76. The van der Waals surface area contributed by atoms with Gasteiger partial charge in [0.25, 0.3) is 0 Å². The van der Waals surface area contributed by atoms with E-state index < -0.39 is 0 Å². The van der Waals surface area contributed by atoms with E-state index in [1.165, 1.54) is 0 Å². The summed E-state index contributed by atoms with van der Waals surface area (Å²) in [7, 11) is 0. The summed E-state index contributed by atoms with van der Waals surface area (Å²) in [5.74, 6) is 0. The lowest BCUT2D eigenvalue weighted by Gasteiger charge is -2.35. The number of hydrogen-bond donors (Lipinski definition) is 1. The van der Waals surface area contributed by atoms with Crippen LogP contribution in [-0.2, 0) is 4.74 Å². The van der Waals surface area contributed by atoms with E-state index in [9.17, 15) is 0 Å². The quantitative estimate of drug-likeness (QED) is 0.676. The molecule has 2 N–H and O–H groups in total. The Morgan fingerprint density at radius 3 is 2.33 bits per heavy atom. The molecule has 1 heterocycles. The zero-order valence-electron chi connectivity index (χ0n) is 10.1. The van der Waals surface area contributed by atoms with Crippen LogP contribution in [0, 0.1) is 0 Å². The molecule has 4 heteroatoms. The Labute approximate surface area is 93.4 Å². The SMILES string of the molecule is CCN(CC)C(CN)CN1CCOCC1. The second kappa shape index (κ2) is 7.17. The van der Waals surface area contributed by atoms with Crippen molar-refractivity contribution in [3.8, 4) is 0 Å². The van der Waals surface area contributed by atoms with Crippen LogP contribution in [-0.4, -0.2) is 68.3 Å². The van der Waals surface area contributed by atoms with E-state index in [4.69, 9.17) is 10.5 Å². The molecule has 1 atom stereocenters. The molecule has 0 aromatic heterocycles. The highest BCUT2D eigenvalue weighted by Crippen LogP contribution is 2.03. The van der Waals surface area contributed by atoms with Crippen molar-refractivity contribution in [3.05, 3.63) is 0 Å². The molecule has 0 bridgehead atoms. The molecule has 1 unspecified atom stereocenters.